The molecule has 1 aromatic carbocycles. The van der Waals surface area contributed by atoms with E-state index in [1.807, 2.05) is 30.3 Å². The first-order valence-electron chi connectivity index (χ1n) is 6.31. The molecule has 0 aliphatic heterocycles. The molecule has 5 heteroatoms. The average Bonchev–Trinajstić information content (AvgIpc) is 2.48. The van der Waals surface area contributed by atoms with Gasteiger partial charge in [-0.15, -0.1) is 0 Å². The van der Waals surface area contributed by atoms with Crippen molar-refractivity contribution in [2.24, 2.45) is 5.73 Å². The van der Waals surface area contributed by atoms with E-state index in [0.29, 0.717) is 4.99 Å². The summed E-state index contributed by atoms with van der Waals surface area (Å²) >= 11 is 4.89. The van der Waals surface area contributed by atoms with Crippen LogP contribution in [-0.4, -0.2) is 23.6 Å². The molecule has 1 heterocycles. The van der Waals surface area contributed by atoms with E-state index in [1.165, 1.54) is 5.56 Å². The minimum Gasteiger partial charge on any atom is -0.497 e. The van der Waals surface area contributed by atoms with Gasteiger partial charge in [-0.3, -0.25) is 0 Å². The highest BCUT2D eigenvalue weighted by Crippen LogP contribution is 2.13. The molecule has 3 N–H and O–H groups in total. The second-order valence-corrected chi connectivity index (χ2v) is 4.76. The van der Waals surface area contributed by atoms with Crippen LogP contribution in [0.1, 0.15) is 11.1 Å². The Hall–Kier alpha value is -2.14. The lowest BCUT2D eigenvalue weighted by molar-refractivity contribution is 0.414. The number of rotatable bonds is 6. The van der Waals surface area contributed by atoms with Gasteiger partial charge in [-0.05, 0) is 36.2 Å². The largest absolute Gasteiger partial charge is 0.497 e. The molecule has 0 aliphatic carbocycles. The molecule has 0 saturated carbocycles. The van der Waals surface area contributed by atoms with Gasteiger partial charge >= 0.3 is 0 Å². The van der Waals surface area contributed by atoms with Crippen LogP contribution < -0.4 is 15.8 Å². The van der Waals surface area contributed by atoms with Crippen molar-refractivity contribution in [3.05, 3.63) is 53.7 Å². The molecule has 4 nitrogen and oxygen atoms in total. The number of nitrogens with zero attached hydrogens (tertiary/aromatic N) is 1. The second kappa shape index (κ2) is 6.86. The number of anilines is 1. The lowest BCUT2D eigenvalue weighted by Gasteiger charge is -2.07. The van der Waals surface area contributed by atoms with Gasteiger partial charge in [0, 0.05) is 18.3 Å². The van der Waals surface area contributed by atoms with E-state index in [1.54, 1.807) is 13.3 Å². The van der Waals surface area contributed by atoms with Crippen LogP contribution in [0.5, 0.6) is 5.75 Å². The molecule has 2 aromatic rings. The standard InChI is InChI=1S/C15H17N3OS/c1-19-13-4-2-3-11(9-13)7-8-17-14-6-5-12(10-18-14)15(16)20/h2-6,9-10H,7-8H2,1H3,(H2,16,20)(H,17,18). The van der Waals surface area contributed by atoms with E-state index in [9.17, 15) is 0 Å². The van der Waals surface area contributed by atoms with Gasteiger partial charge in [-0.2, -0.15) is 0 Å². The number of thiocarbonyl (C=S) groups is 1. The molecule has 2 rings (SSSR count). The molecule has 0 unspecified atom stereocenters. The zero-order valence-corrected chi connectivity index (χ0v) is 12.1. The smallest absolute Gasteiger partial charge is 0.125 e. The van der Waals surface area contributed by atoms with Crippen molar-refractivity contribution >= 4 is 23.0 Å². The summed E-state index contributed by atoms with van der Waals surface area (Å²) in [6.45, 7) is 0.798. The quantitative estimate of drug-likeness (QED) is 0.799. The van der Waals surface area contributed by atoms with Crippen molar-refractivity contribution in [1.82, 2.24) is 4.98 Å². The third-order valence-electron chi connectivity index (χ3n) is 2.90. The van der Waals surface area contributed by atoms with Crippen LogP contribution in [0.3, 0.4) is 0 Å². The lowest BCUT2D eigenvalue weighted by atomic mass is 10.1. The molecule has 0 atom stereocenters. The topological polar surface area (TPSA) is 60.2 Å². The van der Waals surface area contributed by atoms with Gasteiger partial charge in [0.2, 0.25) is 0 Å². The molecule has 104 valence electrons. The highest BCUT2D eigenvalue weighted by atomic mass is 32.1. The summed E-state index contributed by atoms with van der Waals surface area (Å²) in [6.07, 6.45) is 2.58. The van der Waals surface area contributed by atoms with Gasteiger partial charge in [-0.1, -0.05) is 24.4 Å². The fourth-order valence-electron chi connectivity index (χ4n) is 1.81. The normalized spacial score (nSPS) is 10.1. The second-order valence-electron chi connectivity index (χ2n) is 4.32. The van der Waals surface area contributed by atoms with E-state index in [2.05, 4.69) is 16.4 Å². The molecular weight excluding hydrogens is 270 g/mol. The predicted octanol–water partition coefficient (Wildman–Crippen LogP) is 2.38. The number of aromatic nitrogens is 1. The molecule has 0 amide bonds. The number of nitrogens with one attached hydrogen (secondary N) is 1. The Bertz CT molecular complexity index is 584. The molecule has 20 heavy (non-hydrogen) atoms. The third kappa shape index (κ3) is 3.93. The molecule has 1 aromatic heterocycles. The van der Waals surface area contributed by atoms with Gasteiger partial charge in [0.05, 0.1) is 7.11 Å². The van der Waals surface area contributed by atoms with Crippen LogP contribution in [-0.2, 0) is 6.42 Å². The van der Waals surface area contributed by atoms with Gasteiger partial charge in [0.15, 0.2) is 0 Å². The van der Waals surface area contributed by atoms with Gasteiger partial charge in [0.1, 0.15) is 16.6 Å². The molecule has 0 bridgehead atoms. The fraction of sp³-hybridized carbons (Fsp3) is 0.200. The number of nitrogens with two attached hydrogens (primary N) is 1. The Labute approximate surface area is 124 Å². The maximum Gasteiger partial charge on any atom is 0.125 e. The monoisotopic (exact) mass is 287 g/mol. The maximum atomic E-state index is 5.53. The van der Waals surface area contributed by atoms with Crippen LogP contribution in [0.4, 0.5) is 5.82 Å². The summed E-state index contributed by atoms with van der Waals surface area (Å²) in [4.78, 5) is 4.62. The zero-order valence-electron chi connectivity index (χ0n) is 11.3. The van der Waals surface area contributed by atoms with Crippen molar-refractivity contribution < 1.29 is 4.74 Å². The Balaban J connectivity index is 1.87. The van der Waals surface area contributed by atoms with Crippen LogP contribution in [0.2, 0.25) is 0 Å². The molecular formula is C15H17N3OS. The molecule has 0 radical (unpaired) electrons. The van der Waals surface area contributed by atoms with Crippen molar-refractivity contribution in [1.29, 1.82) is 0 Å². The van der Waals surface area contributed by atoms with E-state index < -0.39 is 0 Å². The Kier molecular flexibility index (Phi) is 4.90. The van der Waals surface area contributed by atoms with Crippen LogP contribution in [0, 0.1) is 0 Å². The lowest BCUT2D eigenvalue weighted by Crippen LogP contribution is -2.11. The number of ether oxygens (including phenoxy) is 1. The number of hydrogen-bond donors (Lipinski definition) is 2. The summed E-state index contributed by atoms with van der Waals surface area (Å²) in [7, 11) is 1.67. The van der Waals surface area contributed by atoms with E-state index >= 15 is 0 Å². The van der Waals surface area contributed by atoms with Gasteiger partial charge in [0.25, 0.3) is 0 Å². The Morgan fingerprint density at radius 1 is 1.35 bits per heavy atom. The predicted molar refractivity (Wildman–Crippen MR) is 85.3 cm³/mol. The number of pyridine rings is 1. The number of benzene rings is 1. The molecule has 0 spiro atoms. The summed E-state index contributed by atoms with van der Waals surface area (Å²) in [6, 6.07) is 11.8. The SMILES string of the molecule is COc1cccc(CCNc2ccc(C(N)=S)cn2)c1. The molecule has 0 aliphatic rings. The van der Waals surface area contributed by atoms with Crippen molar-refractivity contribution in [2.45, 2.75) is 6.42 Å². The Morgan fingerprint density at radius 2 is 2.20 bits per heavy atom. The van der Waals surface area contributed by atoms with Crippen molar-refractivity contribution in [3.63, 3.8) is 0 Å². The summed E-state index contributed by atoms with van der Waals surface area (Å²) < 4.78 is 5.20. The van der Waals surface area contributed by atoms with E-state index in [4.69, 9.17) is 22.7 Å². The van der Waals surface area contributed by atoms with E-state index in [-0.39, 0.29) is 0 Å². The first kappa shape index (κ1) is 14.3. The average molecular weight is 287 g/mol. The highest BCUT2D eigenvalue weighted by molar-refractivity contribution is 7.80. The van der Waals surface area contributed by atoms with Gasteiger partial charge < -0.3 is 15.8 Å². The first-order valence-corrected chi connectivity index (χ1v) is 6.72. The number of methoxy groups -OCH3 is 1. The highest BCUT2D eigenvalue weighted by Gasteiger charge is 1.99. The van der Waals surface area contributed by atoms with Crippen molar-refractivity contribution in [2.75, 3.05) is 19.0 Å². The zero-order chi connectivity index (χ0) is 14.4. The maximum absolute atomic E-state index is 5.53. The minimum atomic E-state index is 0.362. The Morgan fingerprint density at radius 3 is 2.85 bits per heavy atom. The first-order chi connectivity index (χ1) is 9.69. The molecule has 0 fully saturated rings. The van der Waals surface area contributed by atoms with Crippen LogP contribution >= 0.6 is 12.2 Å². The summed E-state index contributed by atoms with van der Waals surface area (Å²) in [5, 5.41) is 3.26. The fourth-order valence-corrected chi connectivity index (χ4v) is 1.93. The minimum absolute atomic E-state index is 0.362. The van der Waals surface area contributed by atoms with Crippen LogP contribution in [0.25, 0.3) is 0 Å². The molecule has 0 saturated heterocycles. The van der Waals surface area contributed by atoms with Gasteiger partial charge in [-0.25, -0.2) is 4.98 Å². The summed E-state index contributed by atoms with van der Waals surface area (Å²) in [5.41, 5.74) is 7.52. The summed E-state index contributed by atoms with van der Waals surface area (Å²) in [5.74, 6) is 1.69. The van der Waals surface area contributed by atoms with Crippen molar-refractivity contribution in [3.8, 4) is 5.75 Å². The number of hydrogen-bond acceptors (Lipinski definition) is 4. The van der Waals surface area contributed by atoms with E-state index in [0.717, 1.165) is 30.1 Å². The third-order valence-corrected chi connectivity index (χ3v) is 3.14. The van der Waals surface area contributed by atoms with Crippen LogP contribution in [0.15, 0.2) is 42.6 Å².